The minimum absolute atomic E-state index is 0.148. The molecule has 3 N–H and O–H groups in total. The second-order valence-corrected chi connectivity index (χ2v) is 5.71. The molecule has 4 heteroatoms. The second-order valence-electron chi connectivity index (χ2n) is 5.31. The lowest BCUT2D eigenvalue weighted by atomic mass is 9.92. The van der Waals surface area contributed by atoms with Crippen molar-refractivity contribution >= 4 is 11.6 Å². The van der Waals surface area contributed by atoms with Crippen LogP contribution >= 0.6 is 11.6 Å². The van der Waals surface area contributed by atoms with Crippen LogP contribution in [-0.4, -0.2) is 35.2 Å². The molecule has 2 rings (SSSR count). The van der Waals surface area contributed by atoms with E-state index in [1.807, 2.05) is 31.2 Å². The Morgan fingerprint density at radius 1 is 1.39 bits per heavy atom. The first-order valence-electron chi connectivity index (χ1n) is 6.44. The normalized spacial score (nSPS) is 21.8. The van der Waals surface area contributed by atoms with Crippen LogP contribution in [0, 0.1) is 0 Å². The van der Waals surface area contributed by atoms with Gasteiger partial charge in [-0.05, 0) is 31.4 Å². The summed E-state index contributed by atoms with van der Waals surface area (Å²) in [4.78, 5) is 2.32. The number of benzene rings is 1. The lowest BCUT2D eigenvalue weighted by Crippen LogP contribution is -2.45. The SMILES string of the molecule is CC1(O)CCN(C(CN)c2ccccc2Cl)CC1. The van der Waals surface area contributed by atoms with E-state index in [-0.39, 0.29) is 6.04 Å². The summed E-state index contributed by atoms with van der Waals surface area (Å²) in [7, 11) is 0. The van der Waals surface area contributed by atoms with Gasteiger partial charge in [-0.1, -0.05) is 29.8 Å². The number of nitrogens with zero attached hydrogens (tertiary/aromatic N) is 1. The van der Waals surface area contributed by atoms with Crippen molar-refractivity contribution in [3.05, 3.63) is 34.9 Å². The number of rotatable bonds is 3. The van der Waals surface area contributed by atoms with E-state index in [9.17, 15) is 5.11 Å². The zero-order valence-electron chi connectivity index (χ0n) is 10.8. The average Bonchev–Trinajstić information content (AvgIpc) is 2.34. The van der Waals surface area contributed by atoms with Gasteiger partial charge >= 0.3 is 0 Å². The van der Waals surface area contributed by atoms with Crippen LogP contribution in [-0.2, 0) is 0 Å². The highest BCUT2D eigenvalue weighted by atomic mass is 35.5. The fourth-order valence-electron chi connectivity index (χ4n) is 2.54. The molecule has 18 heavy (non-hydrogen) atoms. The fourth-order valence-corrected chi connectivity index (χ4v) is 2.80. The number of halogens is 1. The van der Waals surface area contributed by atoms with Crippen molar-refractivity contribution in [3.63, 3.8) is 0 Å². The van der Waals surface area contributed by atoms with E-state index in [0.717, 1.165) is 36.5 Å². The van der Waals surface area contributed by atoms with Crippen LogP contribution in [0.25, 0.3) is 0 Å². The number of nitrogens with two attached hydrogens (primary N) is 1. The van der Waals surface area contributed by atoms with Crippen LogP contribution in [0.3, 0.4) is 0 Å². The molecule has 0 bridgehead atoms. The molecule has 0 spiro atoms. The monoisotopic (exact) mass is 268 g/mol. The van der Waals surface area contributed by atoms with Crippen molar-refractivity contribution in [2.24, 2.45) is 5.73 Å². The van der Waals surface area contributed by atoms with Crippen molar-refractivity contribution in [1.29, 1.82) is 0 Å². The molecule has 1 aliphatic heterocycles. The van der Waals surface area contributed by atoms with Gasteiger partial charge in [-0.25, -0.2) is 0 Å². The molecular formula is C14H21ClN2O. The Labute approximate surface area is 114 Å². The van der Waals surface area contributed by atoms with Gasteiger partial charge in [0.15, 0.2) is 0 Å². The van der Waals surface area contributed by atoms with Gasteiger partial charge in [0.25, 0.3) is 0 Å². The lowest BCUT2D eigenvalue weighted by Gasteiger charge is -2.40. The first-order chi connectivity index (χ1) is 8.53. The van der Waals surface area contributed by atoms with Gasteiger partial charge in [0.1, 0.15) is 0 Å². The molecule has 0 aliphatic carbocycles. The van der Waals surface area contributed by atoms with Gasteiger partial charge < -0.3 is 10.8 Å². The third kappa shape index (κ3) is 3.04. The van der Waals surface area contributed by atoms with Gasteiger partial charge in [-0.15, -0.1) is 0 Å². The summed E-state index contributed by atoms with van der Waals surface area (Å²) in [5.74, 6) is 0. The van der Waals surface area contributed by atoms with E-state index in [1.165, 1.54) is 0 Å². The number of aliphatic hydroxyl groups is 1. The first kappa shape index (κ1) is 13.8. The first-order valence-corrected chi connectivity index (χ1v) is 6.82. The third-order valence-corrected chi connectivity index (χ3v) is 4.15. The lowest BCUT2D eigenvalue weighted by molar-refractivity contribution is -0.0159. The van der Waals surface area contributed by atoms with E-state index in [2.05, 4.69) is 4.90 Å². The molecule has 1 aromatic carbocycles. The summed E-state index contributed by atoms with van der Waals surface area (Å²) in [5.41, 5.74) is 6.46. The van der Waals surface area contributed by atoms with Crippen molar-refractivity contribution < 1.29 is 5.11 Å². The molecule has 0 amide bonds. The smallest absolute Gasteiger partial charge is 0.0644 e. The van der Waals surface area contributed by atoms with Crippen molar-refractivity contribution in [2.75, 3.05) is 19.6 Å². The summed E-state index contributed by atoms with van der Waals surface area (Å²) in [6.45, 7) is 4.17. The van der Waals surface area contributed by atoms with Crippen LogP contribution in [0.1, 0.15) is 31.4 Å². The summed E-state index contributed by atoms with van der Waals surface area (Å²) in [5, 5.41) is 10.8. The minimum Gasteiger partial charge on any atom is -0.390 e. The highest BCUT2D eigenvalue weighted by molar-refractivity contribution is 6.31. The Morgan fingerprint density at radius 2 is 2.00 bits per heavy atom. The standard InChI is InChI=1S/C14H21ClN2O/c1-14(18)6-8-17(9-7-14)13(10-16)11-4-2-3-5-12(11)15/h2-5,13,18H,6-10,16H2,1H3. The quantitative estimate of drug-likeness (QED) is 0.884. The molecule has 1 fully saturated rings. The predicted octanol–water partition coefficient (Wildman–Crippen LogP) is 2.19. The molecular weight excluding hydrogens is 248 g/mol. The highest BCUT2D eigenvalue weighted by Crippen LogP contribution is 2.31. The molecule has 1 unspecified atom stereocenters. The summed E-state index contributed by atoms with van der Waals surface area (Å²) >= 11 is 6.24. The zero-order chi connectivity index (χ0) is 13.2. The number of hydrogen-bond donors (Lipinski definition) is 2. The Kier molecular flexibility index (Phi) is 4.28. The van der Waals surface area contributed by atoms with Gasteiger partial charge in [0.05, 0.1) is 5.60 Å². The number of piperidine rings is 1. The Morgan fingerprint density at radius 3 is 2.56 bits per heavy atom. The van der Waals surface area contributed by atoms with E-state index >= 15 is 0 Å². The van der Waals surface area contributed by atoms with Crippen LogP contribution in [0.15, 0.2) is 24.3 Å². The van der Waals surface area contributed by atoms with E-state index in [0.29, 0.717) is 6.54 Å². The maximum Gasteiger partial charge on any atom is 0.0644 e. The molecule has 1 heterocycles. The Balaban J connectivity index is 2.13. The topological polar surface area (TPSA) is 49.5 Å². The minimum atomic E-state index is -0.532. The van der Waals surface area contributed by atoms with Gasteiger partial charge in [-0.2, -0.15) is 0 Å². The van der Waals surface area contributed by atoms with Crippen LogP contribution in [0.5, 0.6) is 0 Å². The molecule has 1 atom stereocenters. The van der Waals surface area contributed by atoms with E-state index in [1.54, 1.807) is 0 Å². The third-order valence-electron chi connectivity index (χ3n) is 3.80. The maximum atomic E-state index is 9.99. The van der Waals surface area contributed by atoms with Gasteiger partial charge in [0.2, 0.25) is 0 Å². The van der Waals surface area contributed by atoms with Crippen molar-refractivity contribution in [2.45, 2.75) is 31.4 Å². The molecule has 1 aliphatic rings. The van der Waals surface area contributed by atoms with E-state index in [4.69, 9.17) is 17.3 Å². The fraction of sp³-hybridized carbons (Fsp3) is 0.571. The van der Waals surface area contributed by atoms with Gasteiger partial charge in [-0.3, -0.25) is 4.90 Å². The molecule has 1 aromatic rings. The van der Waals surface area contributed by atoms with Gasteiger partial charge in [0, 0.05) is 30.7 Å². The summed E-state index contributed by atoms with van der Waals surface area (Å²) < 4.78 is 0. The molecule has 1 saturated heterocycles. The van der Waals surface area contributed by atoms with Crippen molar-refractivity contribution in [3.8, 4) is 0 Å². The Hall–Kier alpha value is -0.610. The molecule has 0 aromatic heterocycles. The van der Waals surface area contributed by atoms with Crippen LogP contribution in [0.2, 0.25) is 5.02 Å². The number of likely N-dealkylation sites (tertiary alicyclic amines) is 1. The van der Waals surface area contributed by atoms with E-state index < -0.39 is 5.60 Å². The van der Waals surface area contributed by atoms with Crippen LogP contribution < -0.4 is 5.73 Å². The Bertz CT molecular complexity index is 399. The summed E-state index contributed by atoms with van der Waals surface area (Å²) in [6, 6.07) is 8.01. The second kappa shape index (κ2) is 5.57. The molecule has 100 valence electrons. The zero-order valence-corrected chi connectivity index (χ0v) is 11.5. The maximum absolute atomic E-state index is 9.99. The van der Waals surface area contributed by atoms with Crippen LogP contribution in [0.4, 0.5) is 0 Å². The van der Waals surface area contributed by atoms with Crippen molar-refractivity contribution in [1.82, 2.24) is 4.90 Å². The number of hydrogen-bond acceptors (Lipinski definition) is 3. The molecule has 0 saturated carbocycles. The largest absolute Gasteiger partial charge is 0.390 e. The summed E-state index contributed by atoms with van der Waals surface area (Å²) in [6.07, 6.45) is 1.57. The average molecular weight is 269 g/mol. The molecule has 0 radical (unpaired) electrons. The predicted molar refractivity (Wildman–Crippen MR) is 74.7 cm³/mol. The highest BCUT2D eigenvalue weighted by Gasteiger charge is 2.31. The molecule has 3 nitrogen and oxygen atoms in total.